The Balaban J connectivity index is 2.81. The molecule has 0 aliphatic rings. The summed E-state index contributed by atoms with van der Waals surface area (Å²) in [7, 11) is 2.71. The van der Waals surface area contributed by atoms with Gasteiger partial charge in [0.25, 0.3) is 5.69 Å². The van der Waals surface area contributed by atoms with E-state index in [0.717, 1.165) is 0 Å². The fourth-order valence-corrected chi connectivity index (χ4v) is 1.82. The topological polar surface area (TPSA) is 151 Å². The number of benzene rings is 1. The minimum atomic E-state index is -1.22. The van der Waals surface area contributed by atoms with Gasteiger partial charge in [-0.05, 0) is 12.5 Å². The molecule has 0 aromatic heterocycles. The van der Waals surface area contributed by atoms with Crippen molar-refractivity contribution in [1.29, 1.82) is 0 Å². The van der Waals surface area contributed by atoms with E-state index in [0.29, 0.717) is 0 Å². The maximum Gasteiger partial charge on any atom is 0.320 e. The fourth-order valence-electron chi connectivity index (χ4n) is 1.82. The molecular formula is C14H18N2O8. The molecule has 1 aromatic carbocycles. The number of hydrogen-bond donors (Lipinski definition) is 2. The summed E-state index contributed by atoms with van der Waals surface area (Å²) in [5, 5.41) is 19.7. The molecule has 1 rings (SSSR count). The maximum absolute atomic E-state index is 11.6. The second-order valence-corrected chi connectivity index (χ2v) is 4.74. The van der Waals surface area contributed by atoms with Gasteiger partial charge in [-0.25, -0.2) is 0 Å². The van der Waals surface area contributed by atoms with E-state index in [1.165, 1.54) is 26.4 Å². The van der Waals surface area contributed by atoms with E-state index in [2.05, 4.69) is 0 Å². The summed E-state index contributed by atoms with van der Waals surface area (Å²) in [5.74, 6) is -1.51. The Morgan fingerprint density at radius 1 is 1.29 bits per heavy atom. The van der Waals surface area contributed by atoms with Crippen LogP contribution in [-0.2, 0) is 20.9 Å². The minimum Gasteiger partial charge on any atom is -0.493 e. The first-order valence-electron chi connectivity index (χ1n) is 6.83. The summed E-state index contributed by atoms with van der Waals surface area (Å²) in [6.45, 7) is -0.363. The molecule has 0 radical (unpaired) electrons. The van der Waals surface area contributed by atoms with Crippen molar-refractivity contribution in [3.8, 4) is 11.5 Å². The van der Waals surface area contributed by atoms with Gasteiger partial charge in [-0.3, -0.25) is 19.7 Å². The van der Waals surface area contributed by atoms with Gasteiger partial charge < -0.3 is 25.1 Å². The van der Waals surface area contributed by atoms with Crippen LogP contribution < -0.4 is 15.2 Å². The quantitative estimate of drug-likeness (QED) is 0.378. The monoisotopic (exact) mass is 342 g/mol. The average Bonchev–Trinajstić information content (AvgIpc) is 2.56. The summed E-state index contributed by atoms with van der Waals surface area (Å²) in [6.07, 6.45) is -0.309. The molecule has 0 aliphatic carbocycles. The molecule has 24 heavy (non-hydrogen) atoms. The van der Waals surface area contributed by atoms with Crippen molar-refractivity contribution in [3.05, 3.63) is 27.8 Å². The molecule has 10 heteroatoms. The second-order valence-electron chi connectivity index (χ2n) is 4.74. The predicted octanol–water partition coefficient (Wildman–Crippen LogP) is 0.847. The largest absolute Gasteiger partial charge is 0.493 e. The number of carboxylic acid groups (broad SMARTS) is 1. The van der Waals surface area contributed by atoms with Gasteiger partial charge in [-0.2, -0.15) is 0 Å². The zero-order valence-corrected chi connectivity index (χ0v) is 13.2. The second kappa shape index (κ2) is 8.67. The van der Waals surface area contributed by atoms with Gasteiger partial charge in [0, 0.05) is 6.42 Å². The van der Waals surface area contributed by atoms with E-state index in [1.807, 2.05) is 0 Å². The molecule has 0 fully saturated rings. The number of esters is 1. The highest BCUT2D eigenvalue weighted by atomic mass is 16.6. The van der Waals surface area contributed by atoms with Crippen molar-refractivity contribution in [2.24, 2.45) is 5.73 Å². The van der Waals surface area contributed by atoms with Crippen molar-refractivity contribution in [3.63, 3.8) is 0 Å². The molecule has 0 amide bonds. The molecule has 1 atom stereocenters. The van der Waals surface area contributed by atoms with Gasteiger partial charge >= 0.3 is 11.9 Å². The van der Waals surface area contributed by atoms with Gasteiger partial charge in [0.1, 0.15) is 12.6 Å². The molecule has 0 unspecified atom stereocenters. The van der Waals surface area contributed by atoms with Crippen LogP contribution >= 0.6 is 0 Å². The Hall–Kier alpha value is -2.88. The standard InChI is InChI=1S/C14H18N2O8/c1-22-11-5-8(10(16(20)21)6-12(11)23-2)7-24-13(17)4-3-9(15)14(18)19/h5-6,9H,3-4,7,15H2,1-2H3,(H,18,19)/t9-/m0/s1. The molecule has 1 aromatic rings. The lowest BCUT2D eigenvalue weighted by Crippen LogP contribution is -2.30. The van der Waals surface area contributed by atoms with E-state index >= 15 is 0 Å². The fraction of sp³-hybridized carbons (Fsp3) is 0.429. The molecule has 0 saturated carbocycles. The van der Waals surface area contributed by atoms with Gasteiger partial charge in [0.15, 0.2) is 11.5 Å². The molecule has 0 bridgehead atoms. The number of carboxylic acids is 1. The van der Waals surface area contributed by atoms with Gasteiger partial charge in [-0.15, -0.1) is 0 Å². The number of nitrogens with two attached hydrogens (primary N) is 1. The summed E-state index contributed by atoms with van der Waals surface area (Å²) in [4.78, 5) is 32.6. The lowest BCUT2D eigenvalue weighted by Gasteiger charge is -2.11. The van der Waals surface area contributed by atoms with Gasteiger partial charge in [0.05, 0.1) is 30.8 Å². The van der Waals surface area contributed by atoms with Crippen LogP contribution in [0, 0.1) is 10.1 Å². The van der Waals surface area contributed by atoms with Gasteiger partial charge in [-0.1, -0.05) is 0 Å². The van der Waals surface area contributed by atoms with Crippen LogP contribution in [0.1, 0.15) is 18.4 Å². The normalized spacial score (nSPS) is 11.5. The highest BCUT2D eigenvalue weighted by Crippen LogP contribution is 2.34. The summed E-state index contributed by atoms with van der Waals surface area (Å²) >= 11 is 0. The molecule has 0 spiro atoms. The van der Waals surface area contributed by atoms with Crippen LogP contribution in [0.2, 0.25) is 0 Å². The first kappa shape index (κ1) is 19.2. The number of carbonyl (C=O) groups is 2. The Morgan fingerprint density at radius 2 is 1.88 bits per heavy atom. The third kappa shape index (κ3) is 5.09. The Kier molecular flexibility index (Phi) is 6.93. The first-order chi connectivity index (χ1) is 11.3. The number of ether oxygens (including phenoxy) is 3. The zero-order chi connectivity index (χ0) is 18.3. The van der Waals surface area contributed by atoms with E-state index in [1.54, 1.807) is 0 Å². The molecular weight excluding hydrogens is 324 g/mol. The number of methoxy groups -OCH3 is 2. The number of hydrogen-bond acceptors (Lipinski definition) is 8. The Morgan fingerprint density at radius 3 is 2.38 bits per heavy atom. The number of aliphatic carboxylic acids is 1. The third-order valence-corrected chi connectivity index (χ3v) is 3.15. The van der Waals surface area contributed by atoms with E-state index < -0.39 is 22.9 Å². The van der Waals surface area contributed by atoms with Crippen LogP contribution in [0.4, 0.5) is 5.69 Å². The highest BCUT2D eigenvalue weighted by molar-refractivity contribution is 5.75. The number of nitrogens with zero attached hydrogens (tertiary/aromatic N) is 1. The maximum atomic E-state index is 11.6. The number of rotatable bonds is 9. The van der Waals surface area contributed by atoms with Crippen molar-refractivity contribution < 1.29 is 33.8 Å². The molecule has 3 N–H and O–H groups in total. The lowest BCUT2D eigenvalue weighted by atomic mass is 10.1. The van der Waals surface area contributed by atoms with Crippen LogP contribution in [0.3, 0.4) is 0 Å². The van der Waals surface area contributed by atoms with Crippen LogP contribution in [0.25, 0.3) is 0 Å². The van der Waals surface area contributed by atoms with Gasteiger partial charge in [0.2, 0.25) is 0 Å². The number of nitro groups is 1. The van der Waals surface area contributed by atoms with Crippen molar-refractivity contribution in [2.45, 2.75) is 25.5 Å². The van der Waals surface area contributed by atoms with E-state index in [4.69, 9.17) is 25.1 Å². The van der Waals surface area contributed by atoms with Crippen molar-refractivity contribution in [1.82, 2.24) is 0 Å². The van der Waals surface area contributed by atoms with Crippen molar-refractivity contribution >= 4 is 17.6 Å². The van der Waals surface area contributed by atoms with E-state index in [9.17, 15) is 19.7 Å². The smallest absolute Gasteiger partial charge is 0.320 e. The Bertz CT molecular complexity index is 631. The zero-order valence-electron chi connectivity index (χ0n) is 13.2. The Labute approximate surface area is 137 Å². The third-order valence-electron chi connectivity index (χ3n) is 3.15. The van der Waals surface area contributed by atoms with E-state index in [-0.39, 0.29) is 42.2 Å². The summed E-state index contributed by atoms with van der Waals surface area (Å²) in [5.41, 5.74) is 5.11. The molecule has 132 valence electrons. The molecule has 10 nitrogen and oxygen atoms in total. The SMILES string of the molecule is COc1cc(COC(=O)CC[C@H](N)C(=O)O)c([N+](=O)[O-])cc1OC. The highest BCUT2D eigenvalue weighted by Gasteiger charge is 2.21. The van der Waals surface area contributed by atoms with Crippen LogP contribution in [0.5, 0.6) is 11.5 Å². The lowest BCUT2D eigenvalue weighted by molar-refractivity contribution is -0.385. The molecule has 0 heterocycles. The molecule has 0 aliphatic heterocycles. The summed E-state index contributed by atoms with van der Waals surface area (Å²) < 4.78 is 15.0. The van der Waals surface area contributed by atoms with Crippen LogP contribution in [-0.4, -0.2) is 42.2 Å². The number of nitro benzene ring substituents is 1. The first-order valence-corrected chi connectivity index (χ1v) is 6.83. The number of carbonyl (C=O) groups excluding carboxylic acids is 1. The van der Waals surface area contributed by atoms with Crippen LogP contribution in [0.15, 0.2) is 12.1 Å². The summed E-state index contributed by atoms with van der Waals surface area (Å²) in [6, 6.07) is 1.34. The predicted molar refractivity (Wildman–Crippen MR) is 80.8 cm³/mol. The minimum absolute atomic E-state index is 0.0950. The molecule has 0 saturated heterocycles. The van der Waals surface area contributed by atoms with Crippen molar-refractivity contribution in [2.75, 3.05) is 14.2 Å². The average molecular weight is 342 g/mol.